The van der Waals surface area contributed by atoms with E-state index in [1.807, 2.05) is 18.2 Å². The summed E-state index contributed by atoms with van der Waals surface area (Å²) in [6.07, 6.45) is 0.973. The number of benzene rings is 1. The van der Waals surface area contributed by atoms with Crippen molar-refractivity contribution in [2.75, 3.05) is 25.4 Å². The number of para-hydroxylation sites is 1. The van der Waals surface area contributed by atoms with E-state index in [4.69, 9.17) is 10.2 Å². The molecule has 3 rings (SSSR count). The zero-order valence-electron chi connectivity index (χ0n) is 11.1. The molecular weight excluding hydrogens is 240 g/mol. The topological polar surface area (TPSA) is 59.5 Å². The van der Waals surface area contributed by atoms with Crippen molar-refractivity contribution in [1.29, 1.82) is 0 Å². The third-order valence-corrected chi connectivity index (χ3v) is 4.02. The molecule has 0 spiro atoms. The molecule has 0 amide bonds. The van der Waals surface area contributed by atoms with Crippen molar-refractivity contribution in [3.8, 4) is 0 Å². The van der Waals surface area contributed by atoms with Crippen LogP contribution in [0.1, 0.15) is 24.8 Å². The monoisotopic (exact) mass is 258 g/mol. The van der Waals surface area contributed by atoms with E-state index in [0.717, 1.165) is 31.4 Å². The molecule has 0 bridgehead atoms. The highest BCUT2D eigenvalue weighted by Crippen LogP contribution is 2.32. The Morgan fingerprint density at radius 2 is 2.21 bits per heavy atom. The van der Waals surface area contributed by atoms with Gasteiger partial charge in [0.2, 0.25) is 0 Å². The van der Waals surface area contributed by atoms with Crippen LogP contribution in [0.2, 0.25) is 0 Å². The molecule has 1 unspecified atom stereocenters. The van der Waals surface area contributed by atoms with Gasteiger partial charge in [0.25, 0.3) is 0 Å². The van der Waals surface area contributed by atoms with Crippen LogP contribution in [0.3, 0.4) is 0 Å². The van der Waals surface area contributed by atoms with Gasteiger partial charge in [-0.05, 0) is 31.6 Å². The zero-order valence-corrected chi connectivity index (χ0v) is 11.1. The molecule has 1 aliphatic rings. The molecule has 1 saturated heterocycles. The maximum atomic E-state index is 12.2. The Kier molecular flexibility index (Phi) is 3.03. The van der Waals surface area contributed by atoms with Crippen LogP contribution in [0.4, 0.5) is 5.69 Å². The van der Waals surface area contributed by atoms with Crippen molar-refractivity contribution in [1.82, 2.24) is 4.90 Å². The van der Waals surface area contributed by atoms with Gasteiger partial charge in [-0.15, -0.1) is 0 Å². The number of likely N-dealkylation sites (N-methyl/N-ethyl adjacent to an activating group) is 1. The molecular formula is C15H18N2O2. The zero-order chi connectivity index (χ0) is 13.4. The number of likely N-dealkylation sites (tertiary alicyclic amines) is 1. The van der Waals surface area contributed by atoms with Crippen molar-refractivity contribution in [2.45, 2.75) is 19.3 Å². The van der Waals surface area contributed by atoms with Gasteiger partial charge < -0.3 is 15.1 Å². The van der Waals surface area contributed by atoms with E-state index >= 15 is 0 Å². The molecule has 0 saturated carbocycles. The third-order valence-electron chi connectivity index (χ3n) is 4.02. The molecule has 2 aromatic rings. The van der Waals surface area contributed by atoms with Crippen LogP contribution < -0.4 is 11.4 Å². The van der Waals surface area contributed by atoms with Gasteiger partial charge in [0, 0.05) is 17.8 Å². The number of fused-ring (bicyclic) bond motifs is 1. The minimum atomic E-state index is -0.279. The highest BCUT2D eigenvalue weighted by atomic mass is 16.4. The number of hydrogen-bond acceptors (Lipinski definition) is 4. The predicted molar refractivity (Wildman–Crippen MR) is 76.4 cm³/mol. The second-order valence-electron chi connectivity index (χ2n) is 5.09. The Bertz CT molecular complexity index is 663. The summed E-state index contributed by atoms with van der Waals surface area (Å²) in [5, 5.41) is 0.840. The largest absolute Gasteiger partial charge is 0.422 e. The van der Waals surface area contributed by atoms with Crippen LogP contribution >= 0.6 is 0 Å². The minimum Gasteiger partial charge on any atom is -0.422 e. The van der Waals surface area contributed by atoms with E-state index in [-0.39, 0.29) is 11.5 Å². The summed E-state index contributed by atoms with van der Waals surface area (Å²) in [6.45, 7) is 5.06. The Balaban J connectivity index is 2.11. The molecule has 0 radical (unpaired) electrons. The summed E-state index contributed by atoms with van der Waals surface area (Å²) >= 11 is 0. The number of nitrogen functional groups attached to an aromatic ring is 1. The molecule has 1 atom stereocenters. The molecule has 2 heterocycles. The van der Waals surface area contributed by atoms with Gasteiger partial charge in [-0.2, -0.15) is 0 Å². The van der Waals surface area contributed by atoms with Gasteiger partial charge in [-0.25, -0.2) is 4.79 Å². The number of nitrogens with zero attached hydrogens (tertiary/aromatic N) is 1. The fourth-order valence-electron chi connectivity index (χ4n) is 2.93. The molecule has 0 aliphatic carbocycles. The summed E-state index contributed by atoms with van der Waals surface area (Å²) < 4.78 is 5.40. The van der Waals surface area contributed by atoms with Crippen LogP contribution in [-0.2, 0) is 0 Å². The molecule has 4 nitrogen and oxygen atoms in total. The first-order valence-corrected chi connectivity index (χ1v) is 6.74. The van der Waals surface area contributed by atoms with Crippen molar-refractivity contribution in [2.24, 2.45) is 0 Å². The van der Waals surface area contributed by atoms with Gasteiger partial charge in [0.15, 0.2) is 0 Å². The van der Waals surface area contributed by atoms with E-state index in [1.54, 1.807) is 6.07 Å². The standard InChI is InChI=1S/C15H18N2O2/c1-2-17-8-7-10(9-17)13-14(16)11-5-3-4-6-12(11)19-15(13)18/h3-6,10H,2,7-9,16H2,1H3. The highest BCUT2D eigenvalue weighted by Gasteiger charge is 2.28. The summed E-state index contributed by atoms with van der Waals surface area (Å²) in [7, 11) is 0. The Morgan fingerprint density at radius 3 is 2.95 bits per heavy atom. The Morgan fingerprint density at radius 1 is 1.42 bits per heavy atom. The first-order valence-electron chi connectivity index (χ1n) is 6.74. The third kappa shape index (κ3) is 2.02. The van der Waals surface area contributed by atoms with Crippen LogP contribution in [-0.4, -0.2) is 24.5 Å². The highest BCUT2D eigenvalue weighted by molar-refractivity contribution is 5.90. The number of hydrogen-bond donors (Lipinski definition) is 1. The lowest BCUT2D eigenvalue weighted by Crippen LogP contribution is -2.22. The van der Waals surface area contributed by atoms with Gasteiger partial charge in [-0.3, -0.25) is 0 Å². The van der Waals surface area contributed by atoms with Crippen molar-refractivity contribution in [3.63, 3.8) is 0 Å². The molecule has 2 N–H and O–H groups in total. The molecule has 1 aromatic carbocycles. The van der Waals surface area contributed by atoms with Crippen LogP contribution in [0.5, 0.6) is 0 Å². The normalized spacial score (nSPS) is 20.2. The smallest absolute Gasteiger partial charge is 0.341 e. The average Bonchev–Trinajstić information content (AvgIpc) is 2.87. The molecule has 1 fully saturated rings. The van der Waals surface area contributed by atoms with Crippen molar-refractivity contribution < 1.29 is 4.42 Å². The minimum absolute atomic E-state index is 0.195. The molecule has 1 aliphatic heterocycles. The SMILES string of the molecule is CCN1CCC(c2c(N)c3ccccc3oc2=O)C1. The predicted octanol–water partition coefficient (Wildman–Crippen LogP) is 2.18. The van der Waals surface area contributed by atoms with Crippen molar-refractivity contribution in [3.05, 3.63) is 40.2 Å². The lowest BCUT2D eigenvalue weighted by atomic mass is 9.97. The summed E-state index contributed by atoms with van der Waals surface area (Å²) in [4.78, 5) is 14.5. The summed E-state index contributed by atoms with van der Waals surface area (Å²) in [6, 6.07) is 7.45. The molecule has 1 aromatic heterocycles. The van der Waals surface area contributed by atoms with E-state index in [2.05, 4.69) is 11.8 Å². The van der Waals surface area contributed by atoms with Crippen LogP contribution in [0.15, 0.2) is 33.5 Å². The van der Waals surface area contributed by atoms with E-state index < -0.39 is 0 Å². The lowest BCUT2D eigenvalue weighted by molar-refractivity contribution is 0.353. The average molecular weight is 258 g/mol. The van der Waals surface area contributed by atoms with Crippen LogP contribution in [0, 0.1) is 0 Å². The number of anilines is 1. The molecule has 4 heteroatoms. The second kappa shape index (κ2) is 4.70. The van der Waals surface area contributed by atoms with E-state index in [0.29, 0.717) is 16.8 Å². The fourth-order valence-corrected chi connectivity index (χ4v) is 2.93. The maximum absolute atomic E-state index is 12.2. The number of nitrogens with two attached hydrogens (primary N) is 1. The Labute approximate surface area is 111 Å². The Hall–Kier alpha value is -1.81. The van der Waals surface area contributed by atoms with E-state index in [1.165, 1.54) is 0 Å². The maximum Gasteiger partial charge on any atom is 0.341 e. The summed E-state index contributed by atoms with van der Waals surface area (Å²) in [5.41, 5.74) is 7.75. The second-order valence-corrected chi connectivity index (χ2v) is 5.09. The van der Waals surface area contributed by atoms with Gasteiger partial charge in [-0.1, -0.05) is 19.1 Å². The van der Waals surface area contributed by atoms with Gasteiger partial charge in [0.1, 0.15) is 5.58 Å². The van der Waals surface area contributed by atoms with Gasteiger partial charge in [0.05, 0.1) is 11.3 Å². The first kappa shape index (κ1) is 12.2. The fraction of sp³-hybridized carbons (Fsp3) is 0.400. The lowest BCUT2D eigenvalue weighted by Gasteiger charge is -2.14. The molecule has 100 valence electrons. The van der Waals surface area contributed by atoms with Gasteiger partial charge >= 0.3 is 5.63 Å². The van der Waals surface area contributed by atoms with E-state index in [9.17, 15) is 4.79 Å². The van der Waals surface area contributed by atoms with Crippen LogP contribution in [0.25, 0.3) is 11.0 Å². The summed E-state index contributed by atoms with van der Waals surface area (Å²) in [5.74, 6) is 0.195. The number of rotatable bonds is 2. The quantitative estimate of drug-likeness (QED) is 0.839. The first-order chi connectivity index (χ1) is 9.20. The molecule has 19 heavy (non-hydrogen) atoms. The van der Waals surface area contributed by atoms with Crippen molar-refractivity contribution >= 4 is 16.7 Å².